The van der Waals surface area contributed by atoms with Crippen molar-refractivity contribution in [3.63, 3.8) is 0 Å². The van der Waals surface area contributed by atoms with Gasteiger partial charge in [-0.15, -0.1) is 11.3 Å². The van der Waals surface area contributed by atoms with Crippen molar-refractivity contribution in [2.45, 2.75) is 58.4 Å². The number of rotatable bonds is 11. The van der Waals surface area contributed by atoms with Gasteiger partial charge in [-0.2, -0.15) is 0 Å². The van der Waals surface area contributed by atoms with Crippen molar-refractivity contribution in [1.82, 2.24) is 15.0 Å². The molecule has 6 heteroatoms. The highest BCUT2D eigenvalue weighted by molar-refractivity contribution is 7.15. The van der Waals surface area contributed by atoms with E-state index < -0.39 is 0 Å². The molecule has 0 aliphatic rings. The highest BCUT2D eigenvalue weighted by Gasteiger charge is 2.22. The van der Waals surface area contributed by atoms with Gasteiger partial charge in [-0.1, -0.05) is 57.0 Å². The van der Waals surface area contributed by atoms with Gasteiger partial charge in [-0.3, -0.25) is 0 Å². The van der Waals surface area contributed by atoms with E-state index in [-0.39, 0.29) is 6.04 Å². The van der Waals surface area contributed by atoms with Crippen LogP contribution >= 0.6 is 11.3 Å². The number of hydrogen-bond donors (Lipinski definition) is 1. The number of benzene rings is 2. The molecule has 4 rings (SSSR count). The molecular formula is C29H34N4OS. The summed E-state index contributed by atoms with van der Waals surface area (Å²) in [5, 5.41) is 4.65. The molecule has 4 aromatic rings. The first-order valence-corrected chi connectivity index (χ1v) is 13.2. The molecule has 2 heterocycles. The summed E-state index contributed by atoms with van der Waals surface area (Å²) < 4.78 is 5.37. The minimum Gasteiger partial charge on any atom is -0.497 e. The lowest BCUT2D eigenvalue weighted by Crippen LogP contribution is -2.09. The van der Waals surface area contributed by atoms with E-state index in [1.165, 1.54) is 10.6 Å². The van der Waals surface area contributed by atoms with E-state index in [1.807, 2.05) is 42.6 Å². The molecule has 0 bridgehead atoms. The second-order valence-corrected chi connectivity index (χ2v) is 9.81. The third-order valence-electron chi connectivity index (χ3n) is 6.16. The molecule has 1 N–H and O–H groups in total. The maximum atomic E-state index is 5.37. The molecule has 5 nitrogen and oxygen atoms in total. The Balaban J connectivity index is 1.72. The number of nitrogens with one attached hydrogen (secondary N) is 1. The molecule has 0 amide bonds. The van der Waals surface area contributed by atoms with Gasteiger partial charge in [-0.05, 0) is 55.7 Å². The first-order valence-electron chi connectivity index (χ1n) is 12.4. The third kappa shape index (κ3) is 6.06. The number of methoxy groups -OCH3 is 1. The molecule has 2 aromatic carbocycles. The molecule has 0 spiro atoms. The van der Waals surface area contributed by atoms with E-state index in [9.17, 15) is 0 Å². The minimum absolute atomic E-state index is 0.100. The molecule has 0 radical (unpaired) electrons. The van der Waals surface area contributed by atoms with Crippen molar-refractivity contribution >= 4 is 17.3 Å². The van der Waals surface area contributed by atoms with Crippen LogP contribution in [0.3, 0.4) is 0 Å². The summed E-state index contributed by atoms with van der Waals surface area (Å²) in [6.07, 6.45) is 6.42. The maximum absolute atomic E-state index is 5.37. The fourth-order valence-electron chi connectivity index (χ4n) is 4.29. The summed E-state index contributed by atoms with van der Waals surface area (Å²) >= 11 is 1.77. The molecule has 0 saturated carbocycles. The summed E-state index contributed by atoms with van der Waals surface area (Å²) in [4.78, 5) is 15.7. The third-order valence-corrected chi connectivity index (χ3v) is 7.40. The molecule has 0 aliphatic heterocycles. The smallest absolute Gasteiger partial charge is 0.223 e. The lowest BCUT2D eigenvalue weighted by atomic mass is 9.99. The van der Waals surface area contributed by atoms with Crippen molar-refractivity contribution in [1.29, 1.82) is 0 Å². The zero-order chi connectivity index (χ0) is 24.6. The van der Waals surface area contributed by atoms with Crippen molar-refractivity contribution < 1.29 is 4.74 Å². The summed E-state index contributed by atoms with van der Waals surface area (Å²) in [7, 11) is 1.69. The first-order chi connectivity index (χ1) is 17.1. The number of thiazole rings is 1. The number of anilines is 1. The lowest BCUT2D eigenvalue weighted by Gasteiger charge is -2.14. The monoisotopic (exact) mass is 486 g/mol. The average Bonchev–Trinajstić information content (AvgIpc) is 3.35. The van der Waals surface area contributed by atoms with Gasteiger partial charge in [0.15, 0.2) is 0 Å². The molecule has 182 valence electrons. The zero-order valence-corrected chi connectivity index (χ0v) is 21.8. The zero-order valence-electron chi connectivity index (χ0n) is 21.0. The topological polar surface area (TPSA) is 59.9 Å². The van der Waals surface area contributed by atoms with Gasteiger partial charge in [0, 0.05) is 17.7 Å². The highest BCUT2D eigenvalue weighted by atomic mass is 32.1. The van der Waals surface area contributed by atoms with Crippen LogP contribution in [0.15, 0.2) is 66.9 Å². The van der Waals surface area contributed by atoms with E-state index in [0.29, 0.717) is 11.9 Å². The van der Waals surface area contributed by atoms with E-state index >= 15 is 0 Å². The van der Waals surface area contributed by atoms with Gasteiger partial charge in [0.25, 0.3) is 0 Å². The molecule has 0 fully saturated rings. The Morgan fingerprint density at radius 2 is 1.63 bits per heavy atom. The van der Waals surface area contributed by atoms with Crippen LogP contribution in [0.5, 0.6) is 5.75 Å². The lowest BCUT2D eigenvalue weighted by molar-refractivity contribution is 0.415. The van der Waals surface area contributed by atoms with Crippen molar-refractivity contribution in [3.05, 3.63) is 77.4 Å². The Labute approximate surface area is 212 Å². The van der Waals surface area contributed by atoms with Gasteiger partial charge in [0.2, 0.25) is 5.95 Å². The molecule has 0 aliphatic carbocycles. The average molecular weight is 487 g/mol. The Hall–Kier alpha value is -3.25. The Kier molecular flexibility index (Phi) is 8.48. The molecule has 0 saturated heterocycles. The van der Waals surface area contributed by atoms with Crippen molar-refractivity contribution in [2.75, 3.05) is 12.4 Å². The fourth-order valence-corrected chi connectivity index (χ4v) is 5.52. The number of nitrogens with zero attached hydrogens (tertiary/aromatic N) is 3. The van der Waals surface area contributed by atoms with Crippen LogP contribution < -0.4 is 10.1 Å². The van der Waals surface area contributed by atoms with Crippen LogP contribution in [0, 0.1) is 0 Å². The second kappa shape index (κ2) is 11.9. The van der Waals surface area contributed by atoms with Crippen molar-refractivity contribution in [3.8, 4) is 27.6 Å². The van der Waals surface area contributed by atoms with Gasteiger partial charge in [0.05, 0.1) is 34.4 Å². The summed E-state index contributed by atoms with van der Waals surface area (Å²) in [6.45, 7) is 6.62. The minimum atomic E-state index is 0.100. The van der Waals surface area contributed by atoms with Crippen LogP contribution in [-0.4, -0.2) is 22.1 Å². The summed E-state index contributed by atoms with van der Waals surface area (Å²) in [5.41, 5.74) is 4.14. The fraction of sp³-hybridized carbons (Fsp3) is 0.345. The van der Waals surface area contributed by atoms with Crippen LogP contribution in [0.2, 0.25) is 0 Å². The van der Waals surface area contributed by atoms with Crippen molar-refractivity contribution in [2.24, 2.45) is 0 Å². The predicted octanol–water partition coefficient (Wildman–Crippen LogP) is 8.13. The van der Waals surface area contributed by atoms with E-state index in [4.69, 9.17) is 14.7 Å². The molecule has 35 heavy (non-hydrogen) atoms. The summed E-state index contributed by atoms with van der Waals surface area (Å²) in [5.74, 6) is 1.93. The Bertz CT molecular complexity index is 1200. The largest absolute Gasteiger partial charge is 0.497 e. The highest BCUT2D eigenvalue weighted by Crippen LogP contribution is 2.41. The van der Waals surface area contributed by atoms with Gasteiger partial charge in [-0.25, -0.2) is 15.0 Å². The number of hydrogen-bond acceptors (Lipinski definition) is 6. The quantitative estimate of drug-likeness (QED) is 0.232. The second-order valence-electron chi connectivity index (χ2n) is 8.77. The maximum Gasteiger partial charge on any atom is 0.223 e. The Morgan fingerprint density at radius 1 is 0.914 bits per heavy atom. The van der Waals surface area contributed by atoms with Gasteiger partial charge in [0.1, 0.15) is 5.75 Å². The van der Waals surface area contributed by atoms with E-state index in [2.05, 4.69) is 55.3 Å². The SMILES string of the molecule is CCCC(CCC)c1nc(-c2ccc(OC)cc2)c(-c2ccnc(NC(C)c3ccccc3)n2)s1. The molecule has 1 atom stereocenters. The van der Waals surface area contributed by atoms with Crippen LogP contribution in [0.4, 0.5) is 5.95 Å². The first kappa shape index (κ1) is 24.9. The molecule has 2 aromatic heterocycles. The van der Waals surface area contributed by atoms with Crippen LogP contribution in [0.1, 0.15) is 69.0 Å². The molecule has 1 unspecified atom stereocenters. The normalized spacial score (nSPS) is 12.0. The standard InChI is InChI=1S/C29H34N4OS/c1-5-10-23(11-6-2)28-33-26(22-14-16-24(34-4)17-15-22)27(35-28)25-18-19-30-29(32-25)31-20(3)21-12-8-7-9-13-21/h7-9,12-20,23H,5-6,10-11H2,1-4H3,(H,30,31,32). The van der Waals surface area contributed by atoms with E-state index in [1.54, 1.807) is 18.4 Å². The van der Waals surface area contributed by atoms with Gasteiger partial charge < -0.3 is 10.1 Å². The number of aromatic nitrogens is 3. The number of ether oxygens (including phenoxy) is 1. The summed E-state index contributed by atoms with van der Waals surface area (Å²) in [6, 6.07) is 20.6. The van der Waals surface area contributed by atoms with Crippen LogP contribution in [0.25, 0.3) is 21.8 Å². The predicted molar refractivity (Wildman–Crippen MR) is 146 cm³/mol. The van der Waals surface area contributed by atoms with Crippen LogP contribution in [-0.2, 0) is 0 Å². The Morgan fingerprint density at radius 3 is 2.29 bits per heavy atom. The molecular weight excluding hydrogens is 452 g/mol. The van der Waals surface area contributed by atoms with Gasteiger partial charge >= 0.3 is 0 Å². The van der Waals surface area contributed by atoms with E-state index in [0.717, 1.165) is 53.3 Å².